The third-order valence-corrected chi connectivity index (χ3v) is 12.1. The maximum absolute atomic E-state index is 14.5. The molecule has 5 atom stereocenters. The van der Waals surface area contributed by atoms with Gasteiger partial charge in [0.25, 0.3) is 21.8 Å². The van der Waals surface area contributed by atoms with Gasteiger partial charge in [0.15, 0.2) is 0 Å². The number of nitrogens with two attached hydrogens (primary N) is 1. The van der Waals surface area contributed by atoms with E-state index in [2.05, 4.69) is 25.9 Å². The van der Waals surface area contributed by atoms with E-state index in [4.69, 9.17) is 28.9 Å². The number of carbonyl (C=O) groups is 7. The second-order valence-electron chi connectivity index (χ2n) is 15.2. The van der Waals surface area contributed by atoms with E-state index in [1.165, 1.54) is 24.7 Å². The Morgan fingerprint density at radius 3 is 2.17 bits per heavy atom. The summed E-state index contributed by atoms with van der Waals surface area (Å²) in [6.45, 7) is 8.82. The number of benzene rings is 1. The minimum atomic E-state index is -4.86. The summed E-state index contributed by atoms with van der Waals surface area (Å²) in [6.07, 6.45) is 8.04. The molecule has 0 spiro atoms. The van der Waals surface area contributed by atoms with Gasteiger partial charge < -0.3 is 21.7 Å². The summed E-state index contributed by atoms with van der Waals surface area (Å²) in [4.78, 5) is 104. The summed E-state index contributed by atoms with van der Waals surface area (Å²) in [6, 6.07) is -1.42. The third kappa shape index (κ3) is 14.3. The molecule has 20 heteroatoms. The number of imide groups is 3. The summed E-state index contributed by atoms with van der Waals surface area (Å²) < 4.78 is 27.9. The largest absolute Gasteiger partial charge is 0.342 e. The van der Waals surface area contributed by atoms with Crippen LogP contribution in [-0.4, -0.2) is 88.8 Å². The highest BCUT2D eigenvalue weighted by molar-refractivity contribution is 7.90. The van der Waals surface area contributed by atoms with Crippen LogP contribution in [0.3, 0.4) is 0 Å². The number of nitrogens with one attached hydrogen (secondary N) is 4. The lowest BCUT2D eigenvalue weighted by molar-refractivity contribution is -0.160. The van der Waals surface area contributed by atoms with E-state index in [1.54, 1.807) is 25.5 Å². The molecule has 7 amide bonds. The molecule has 0 radical (unpaired) electrons. The molecular weight excluding hydrogens is 827 g/mol. The van der Waals surface area contributed by atoms with Crippen molar-refractivity contribution in [1.29, 1.82) is 0 Å². The van der Waals surface area contributed by atoms with E-state index in [0.29, 0.717) is 19.3 Å². The van der Waals surface area contributed by atoms with Crippen LogP contribution in [0.4, 0.5) is 0 Å². The van der Waals surface area contributed by atoms with E-state index >= 15 is 0 Å². The molecule has 59 heavy (non-hydrogen) atoms. The van der Waals surface area contributed by atoms with Gasteiger partial charge in [-0.1, -0.05) is 96.3 Å². The Hall–Kier alpha value is -4.52. The number of sulfonamides is 1. The molecule has 0 aliphatic heterocycles. The maximum atomic E-state index is 14.5. The fourth-order valence-electron chi connectivity index (χ4n) is 6.50. The highest BCUT2D eigenvalue weighted by atomic mass is 35.5. The summed E-state index contributed by atoms with van der Waals surface area (Å²) in [5, 5.41) is 7.65. The number of aromatic nitrogens is 2. The molecule has 17 nitrogen and oxygen atoms in total. The van der Waals surface area contributed by atoms with Crippen molar-refractivity contribution < 1.29 is 42.0 Å². The monoisotopic (exact) mass is 880 g/mol. The molecule has 2 aromatic rings. The molecular formula is C39H54Cl2N8O9S. The Balaban J connectivity index is 1.99. The van der Waals surface area contributed by atoms with Gasteiger partial charge in [-0.15, -0.1) is 0 Å². The summed E-state index contributed by atoms with van der Waals surface area (Å²) in [5.74, 6) is -9.13. The molecule has 1 heterocycles. The molecule has 1 fully saturated rings. The number of amides is 7. The van der Waals surface area contributed by atoms with Crippen LogP contribution in [0.15, 0.2) is 41.7 Å². The predicted octanol–water partition coefficient (Wildman–Crippen LogP) is 3.43. The van der Waals surface area contributed by atoms with Crippen LogP contribution in [0.25, 0.3) is 0 Å². The number of nitrogens with zero attached hydrogens (tertiary/aromatic N) is 3. The average molecular weight is 882 g/mol. The highest BCUT2D eigenvalue weighted by Gasteiger charge is 2.42. The maximum Gasteiger partial charge on any atom is 0.326 e. The van der Waals surface area contributed by atoms with Crippen molar-refractivity contribution in [2.24, 2.45) is 23.5 Å². The third-order valence-electron chi connectivity index (χ3n) is 10.1. The van der Waals surface area contributed by atoms with Crippen molar-refractivity contribution >= 4 is 74.6 Å². The van der Waals surface area contributed by atoms with Gasteiger partial charge in [0, 0.05) is 29.9 Å². The fourth-order valence-corrected chi connectivity index (χ4v) is 8.21. The molecule has 0 saturated heterocycles. The van der Waals surface area contributed by atoms with Gasteiger partial charge in [-0.3, -0.25) is 38.5 Å². The molecule has 3 rings (SSSR count). The smallest absolute Gasteiger partial charge is 0.326 e. The molecule has 1 aliphatic rings. The zero-order valence-corrected chi connectivity index (χ0v) is 36.2. The summed E-state index contributed by atoms with van der Waals surface area (Å²) >= 11 is 12.0. The fraction of sp³-hybridized carbons (Fsp3) is 0.564. The second-order valence-corrected chi connectivity index (χ2v) is 17.7. The SMILES string of the molecule is CCC(N)CC(=O)N(C(=O)C(=O)NS(=O)(=O)c1cc(Cl)ccc1Cl)C(=O)[C@H](CC1CCCCC1)NC(=O)[C@@H](NC(=O)[C@H](CC(C)C)NC(=O)c1cnccn1)[C@@H](C)CC. The van der Waals surface area contributed by atoms with Crippen molar-refractivity contribution in [3.8, 4) is 0 Å². The molecule has 324 valence electrons. The Morgan fingerprint density at radius 2 is 1.58 bits per heavy atom. The number of carbonyl (C=O) groups excluding carboxylic acids is 7. The highest BCUT2D eigenvalue weighted by Crippen LogP contribution is 2.29. The first kappa shape index (κ1) is 48.8. The zero-order chi connectivity index (χ0) is 44.0. The van der Waals surface area contributed by atoms with Crippen LogP contribution in [-0.2, 0) is 38.8 Å². The predicted molar refractivity (Wildman–Crippen MR) is 219 cm³/mol. The van der Waals surface area contributed by atoms with Crippen molar-refractivity contribution in [3.05, 3.63) is 52.5 Å². The Kier molecular flexibility index (Phi) is 18.8. The van der Waals surface area contributed by atoms with Crippen molar-refractivity contribution in [2.45, 2.75) is 128 Å². The lowest BCUT2D eigenvalue weighted by Crippen LogP contribution is -2.61. The first-order chi connectivity index (χ1) is 27.8. The first-order valence-corrected chi connectivity index (χ1v) is 21.9. The van der Waals surface area contributed by atoms with E-state index in [1.807, 2.05) is 13.8 Å². The normalized spacial score (nSPS) is 15.8. The minimum Gasteiger partial charge on any atom is -0.342 e. The first-order valence-electron chi connectivity index (χ1n) is 19.7. The van der Waals surface area contributed by atoms with Gasteiger partial charge in [0.1, 0.15) is 28.7 Å². The summed E-state index contributed by atoms with van der Waals surface area (Å²) in [7, 11) is -4.86. The van der Waals surface area contributed by atoms with Crippen molar-refractivity contribution in [1.82, 2.24) is 35.5 Å². The van der Waals surface area contributed by atoms with Crippen molar-refractivity contribution in [3.63, 3.8) is 0 Å². The van der Waals surface area contributed by atoms with Gasteiger partial charge in [0.05, 0.1) is 11.2 Å². The zero-order valence-electron chi connectivity index (χ0n) is 33.8. The molecule has 1 saturated carbocycles. The summed E-state index contributed by atoms with van der Waals surface area (Å²) in [5.41, 5.74) is 5.99. The quantitative estimate of drug-likeness (QED) is 0.135. The van der Waals surface area contributed by atoms with Crippen LogP contribution in [0.1, 0.15) is 109 Å². The average Bonchev–Trinajstić information content (AvgIpc) is 3.19. The van der Waals surface area contributed by atoms with E-state index in [-0.39, 0.29) is 51.7 Å². The lowest BCUT2D eigenvalue weighted by Gasteiger charge is -2.32. The molecule has 1 aliphatic carbocycles. The molecule has 6 N–H and O–H groups in total. The van der Waals surface area contributed by atoms with Crippen LogP contribution in [0, 0.1) is 17.8 Å². The standard InChI is InChI=1S/C39H54Cl2N8O9S/c1-6-23(5)33(47-34(51)28(17-22(3)4)45-35(52)30-21-43-15-16-44-30)36(53)46-29(18-24-11-9-8-10-12-24)38(55)49(32(50)20-26(42)7-2)39(56)37(54)48-59(57,58)31-19-25(40)13-14-27(31)41/h13-16,19,21-24,26,28-29,33H,6-12,17-18,20,42H2,1-5H3,(H,45,52)(H,46,53)(H,47,51)(H,48,54)/t23-,26?,28-,29-,33-/m0/s1. The molecule has 1 unspecified atom stereocenters. The Labute approximate surface area is 354 Å². The molecule has 0 bridgehead atoms. The topological polar surface area (TPSA) is 257 Å². The number of hydrogen-bond acceptors (Lipinski definition) is 12. The van der Waals surface area contributed by atoms with Crippen molar-refractivity contribution in [2.75, 3.05) is 0 Å². The Morgan fingerprint density at radius 1 is 0.898 bits per heavy atom. The minimum absolute atomic E-state index is 0.0191. The Bertz CT molecular complexity index is 1950. The van der Waals surface area contributed by atoms with E-state index in [0.717, 1.165) is 31.4 Å². The van der Waals surface area contributed by atoms with Gasteiger partial charge in [-0.25, -0.2) is 23.0 Å². The van der Waals surface area contributed by atoms with Gasteiger partial charge in [-0.2, -0.15) is 0 Å². The van der Waals surface area contributed by atoms with Gasteiger partial charge in [-0.05, 0) is 55.2 Å². The van der Waals surface area contributed by atoms with Crippen LogP contribution in [0.5, 0.6) is 0 Å². The van der Waals surface area contributed by atoms with Crippen LogP contribution < -0.4 is 26.4 Å². The second kappa shape index (κ2) is 22.7. The van der Waals surface area contributed by atoms with E-state index in [9.17, 15) is 42.0 Å². The van der Waals surface area contributed by atoms with Crippen LogP contribution >= 0.6 is 23.2 Å². The van der Waals surface area contributed by atoms with Gasteiger partial charge >= 0.3 is 11.8 Å². The lowest BCUT2D eigenvalue weighted by atomic mass is 9.84. The van der Waals surface area contributed by atoms with Gasteiger partial charge in [0.2, 0.25) is 17.7 Å². The number of rotatable bonds is 18. The van der Waals surface area contributed by atoms with E-state index < -0.39 is 92.8 Å². The molecule has 1 aromatic carbocycles. The molecule has 1 aromatic heterocycles. The van der Waals surface area contributed by atoms with Crippen LogP contribution in [0.2, 0.25) is 10.0 Å². The number of halogens is 2. The number of hydrogen-bond donors (Lipinski definition) is 5.